The Morgan fingerprint density at radius 2 is 2.15 bits per heavy atom. The second-order valence-electron chi connectivity index (χ2n) is 2.38. The molecule has 3 heteroatoms. The highest BCUT2D eigenvalue weighted by atomic mass is 79.9. The molecule has 0 N–H and O–H groups in total. The molecule has 0 atom stereocenters. The quantitative estimate of drug-likeness (QED) is 0.564. The summed E-state index contributed by atoms with van der Waals surface area (Å²) >= 11 is 3.27. The Bertz CT molecular complexity index is 213. The normalized spacial score (nSPS) is 9.92. The summed E-state index contributed by atoms with van der Waals surface area (Å²) in [7, 11) is 0. The van der Waals surface area contributed by atoms with E-state index in [4.69, 9.17) is 9.47 Å². The molecule has 0 aliphatic heterocycles. The number of hydrogen-bond acceptors (Lipinski definition) is 2. The van der Waals surface area contributed by atoms with Crippen molar-refractivity contribution in [1.29, 1.82) is 0 Å². The van der Waals surface area contributed by atoms with Crippen molar-refractivity contribution in [2.24, 2.45) is 0 Å². The van der Waals surface area contributed by atoms with Gasteiger partial charge in [-0.1, -0.05) is 34.1 Å². The van der Waals surface area contributed by atoms with Crippen molar-refractivity contribution in [3.8, 4) is 5.75 Å². The Balaban J connectivity index is 2.07. The van der Waals surface area contributed by atoms with E-state index < -0.39 is 0 Å². The number of hydrogen-bond donors (Lipinski definition) is 0. The molecule has 71 valence electrons. The molecule has 0 heterocycles. The maximum Gasteiger partial charge on any atom is 0.127 e. The second kappa shape index (κ2) is 6.92. The van der Waals surface area contributed by atoms with Gasteiger partial charge >= 0.3 is 0 Å². The number of benzene rings is 1. The Morgan fingerprint density at radius 1 is 1.23 bits per heavy atom. The van der Waals surface area contributed by atoms with Gasteiger partial charge in [-0.15, -0.1) is 0 Å². The van der Waals surface area contributed by atoms with Crippen LogP contribution in [0.3, 0.4) is 0 Å². The van der Waals surface area contributed by atoms with Gasteiger partial charge < -0.3 is 9.47 Å². The smallest absolute Gasteiger partial charge is 0.127 e. The maximum absolute atomic E-state index is 5.36. The van der Waals surface area contributed by atoms with Gasteiger partial charge in [0.15, 0.2) is 0 Å². The summed E-state index contributed by atoms with van der Waals surface area (Å²) in [6, 6.07) is 10.5. The van der Waals surface area contributed by atoms with Crippen molar-refractivity contribution >= 4 is 15.9 Å². The van der Waals surface area contributed by atoms with Crippen molar-refractivity contribution in [2.75, 3.05) is 25.2 Å². The molecule has 1 aromatic carbocycles. The van der Waals surface area contributed by atoms with Gasteiger partial charge in [-0.2, -0.15) is 0 Å². The fourth-order valence-electron chi connectivity index (χ4n) is 0.834. The van der Waals surface area contributed by atoms with E-state index in [1.165, 1.54) is 0 Å². The van der Waals surface area contributed by atoms with E-state index in [0.717, 1.165) is 17.7 Å². The number of halogens is 1. The molecule has 0 saturated carbocycles. The summed E-state index contributed by atoms with van der Waals surface area (Å²) in [4.78, 5) is 0. The zero-order chi connectivity index (χ0) is 9.36. The van der Waals surface area contributed by atoms with E-state index in [1.807, 2.05) is 24.3 Å². The number of ether oxygens (including phenoxy) is 2. The topological polar surface area (TPSA) is 18.5 Å². The fourth-order valence-corrected chi connectivity index (χ4v) is 1.06. The summed E-state index contributed by atoms with van der Waals surface area (Å²) in [5, 5.41) is 0.866. The molecule has 1 rings (SSSR count). The predicted molar refractivity (Wildman–Crippen MR) is 55.4 cm³/mol. The summed E-state index contributed by atoms with van der Waals surface area (Å²) in [5.74, 6) is 0.768. The average molecular weight is 244 g/mol. The van der Waals surface area contributed by atoms with E-state index in [1.54, 1.807) is 0 Å². The minimum Gasteiger partial charge on any atom is -0.491 e. The molecule has 13 heavy (non-hydrogen) atoms. The molecule has 1 aromatic rings. The Morgan fingerprint density at radius 3 is 2.85 bits per heavy atom. The molecule has 2 nitrogen and oxygen atoms in total. The number of rotatable bonds is 6. The highest BCUT2D eigenvalue weighted by Gasteiger charge is 1.91. The van der Waals surface area contributed by atoms with Crippen molar-refractivity contribution in [3.63, 3.8) is 0 Å². The lowest BCUT2D eigenvalue weighted by Crippen LogP contribution is -2.07. The standard InChI is InChI=1S/C10H12BrO2/c11-6-7-12-8-9-13-10-4-2-1-3-5-10/h1-4H,6-9H2. The molecule has 0 unspecified atom stereocenters. The molecule has 0 bridgehead atoms. The predicted octanol–water partition coefficient (Wildman–Crippen LogP) is 2.28. The molecule has 1 radical (unpaired) electrons. The van der Waals surface area contributed by atoms with Crippen molar-refractivity contribution in [2.45, 2.75) is 0 Å². The second-order valence-corrected chi connectivity index (χ2v) is 3.17. The highest BCUT2D eigenvalue weighted by molar-refractivity contribution is 9.09. The van der Waals surface area contributed by atoms with Crippen LogP contribution < -0.4 is 4.74 Å². The Hall–Kier alpha value is -0.540. The third kappa shape index (κ3) is 4.90. The van der Waals surface area contributed by atoms with Crippen LogP contribution in [0.25, 0.3) is 0 Å². The largest absolute Gasteiger partial charge is 0.491 e. The van der Waals surface area contributed by atoms with Crippen LogP contribution in [0.15, 0.2) is 24.3 Å². The van der Waals surface area contributed by atoms with Crippen LogP contribution in [0, 0.1) is 6.07 Å². The van der Waals surface area contributed by atoms with E-state index in [-0.39, 0.29) is 0 Å². The van der Waals surface area contributed by atoms with Crippen molar-refractivity contribution in [1.82, 2.24) is 0 Å². The van der Waals surface area contributed by atoms with Crippen LogP contribution in [0.1, 0.15) is 0 Å². The first-order valence-electron chi connectivity index (χ1n) is 4.16. The Kier molecular flexibility index (Phi) is 5.61. The van der Waals surface area contributed by atoms with Gasteiger partial charge in [0.2, 0.25) is 0 Å². The number of para-hydroxylation sites is 1. The van der Waals surface area contributed by atoms with Gasteiger partial charge in [0.25, 0.3) is 0 Å². The molecule has 0 aliphatic carbocycles. The molecular formula is C10H12BrO2. The van der Waals surface area contributed by atoms with Crippen LogP contribution in [-0.2, 0) is 4.74 Å². The summed E-state index contributed by atoms with van der Waals surface area (Å²) < 4.78 is 10.6. The lowest BCUT2D eigenvalue weighted by Gasteiger charge is -2.05. The third-order valence-corrected chi connectivity index (χ3v) is 1.71. The van der Waals surface area contributed by atoms with Gasteiger partial charge in [0.1, 0.15) is 12.4 Å². The summed E-state index contributed by atoms with van der Waals surface area (Å²) in [6.07, 6.45) is 0. The lowest BCUT2D eigenvalue weighted by molar-refractivity contribution is 0.112. The van der Waals surface area contributed by atoms with E-state index in [9.17, 15) is 0 Å². The van der Waals surface area contributed by atoms with Gasteiger partial charge in [0, 0.05) is 11.4 Å². The van der Waals surface area contributed by atoms with Gasteiger partial charge in [0.05, 0.1) is 13.2 Å². The molecular weight excluding hydrogens is 232 g/mol. The van der Waals surface area contributed by atoms with Crippen LogP contribution in [0.4, 0.5) is 0 Å². The van der Waals surface area contributed by atoms with Crippen molar-refractivity contribution in [3.05, 3.63) is 30.3 Å². The lowest BCUT2D eigenvalue weighted by atomic mass is 10.3. The van der Waals surface area contributed by atoms with Gasteiger partial charge in [-0.25, -0.2) is 0 Å². The maximum atomic E-state index is 5.36. The monoisotopic (exact) mass is 243 g/mol. The number of alkyl halides is 1. The zero-order valence-corrected chi connectivity index (χ0v) is 8.92. The molecule has 0 aromatic heterocycles. The average Bonchev–Trinajstić information content (AvgIpc) is 2.19. The minimum atomic E-state index is 0.577. The third-order valence-electron chi connectivity index (χ3n) is 1.39. The molecule has 0 aliphatic rings. The van der Waals surface area contributed by atoms with Crippen LogP contribution in [-0.4, -0.2) is 25.2 Å². The van der Waals surface area contributed by atoms with Gasteiger partial charge in [-0.3, -0.25) is 0 Å². The van der Waals surface area contributed by atoms with Crippen LogP contribution in [0.2, 0.25) is 0 Å². The zero-order valence-electron chi connectivity index (χ0n) is 7.33. The fraction of sp³-hybridized carbons (Fsp3) is 0.400. The first kappa shape index (κ1) is 10.5. The van der Waals surface area contributed by atoms with Gasteiger partial charge in [-0.05, 0) is 6.07 Å². The van der Waals surface area contributed by atoms with Crippen LogP contribution >= 0.6 is 15.9 Å². The molecule has 0 amide bonds. The summed E-state index contributed by atoms with van der Waals surface area (Å²) in [6.45, 7) is 1.92. The van der Waals surface area contributed by atoms with E-state index >= 15 is 0 Å². The molecule has 0 fully saturated rings. The molecule has 0 saturated heterocycles. The first-order valence-corrected chi connectivity index (χ1v) is 5.29. The Labute approximate surface area is 87.0 Å². The highest BCUT2D eigenvalue weighted by Crippen LogP contribution is 2.06. The minimum absolute atomic E-state index is 0.577. The summed E-state index contributed by atoms with van der Waals surface area (Å²) in [5.41, 5.74) is 0. The SMILES string of the molecule is BrCCOCCOc1[c]cccc1. The first-order chi connectivity index (χ1) is 6.43. The molecule has 0 spiro atoms. The van der Waals surface area contributed by atoms with E-state index in [2.05, 4.69) is 22.0 Å². The van der Waals surface area contributed by atoms with Crippen molar-refractivity contribution < 1.29 is 9.47 Å². The van der Waals surface area contributed by atoms with Crippen LogP contribution in [0.5, 0.6) is 5.75 Å². The van der Waals surface area contributed by atoms with E-state index in [0.29, 0.717) is 13.2 Å².